The van der Waals surface area contributed by atoms with Gasteiger partial charge in [-0.3, -0.25) is 4.79 Å². The molecule has 0 aromatic carbocycles. The molecule has 0 N–H and O–H groups in total. The number of hydrogen-bond acceptors (Lipinski definition) is 4. The van der Waals surface area contributed by atoms with Crippen LogP contribution >= 0.6 is 0 Å². The summed E-state index contributed by atoms with van der Waals surface area (Å²) in [6.45, 7) is 0.589. The average Bonchev–Trinajstić information content (AvgIpc) is 2.26. The molecule has 0 aromatic heterocycles. The summed E-state index contributed by atoms with van der Waals surface area (Å²) >= 11 is 0. The molecule has 84 valence electrons. The third-order valence-corrected chi connectivity index (χ3v) is 2.13. The van der Waals surface area contributed by atoms with E-state index in [1.165, 1.54) is 13.4 Å². The highest BCUT2D eigenvalue weighted by Gasteiger charge is 2.15. The van der Waals surface area contributed by atoms with E-state index in [2.05, 4.69) is 4.74 Å². The van der Waals surface area contributed by atoms with Gasteiger partial charge in [0.15, 0.2) is 6.61 Å². The van der Waals surface area contributed by atoms with Crippen molar-refractivity contribution in [3.05, 3.63) is 12.5 Å². The highest BCUT2D eigenvalue weighted by molar-refractivity contribution is 5.77. The first-order valence-electron chi connectivity index (χ1n) is 4.88. The van der Waals surface area contributed by atoms with Crippen LogP contribution in [-0.2, 0) is 19.1 Å². The SMILES string of the molecule is COC(=O)COC=CN1CCCCC1=O. The Balaban J connectivity index is 2.24. The lowest BCUT2D eigenvalue weighted by Gasteiger charge is -2.22. The van der Waals surface area contributed by atoms with Crippen molar-refractivity contribution in [2.24, 2.45) is 0 Å². The van der Waals surface area contributed by atoms with Crippen molar-refractivity contribution in [2.45, 2.75) is 19.3 Å². The topological polar surface area (TPSA) is 55.8 Å². The first kappa shape index (κ1) is 11.6. The van der Waals surface area contributed by atoms with Crippen LogP contribution in [0.25, 0.3) is 0 Å². The minimum atomic E-state index is -0.440. The number of piperidine rings is 1. The lowest BCUT2D eigenvalue weighted by atomic mass is 10.1. The van der Waals surface area contributed by atoms with Gasteiger partial charge >= 0.3 is 5.97 Å². The van der Waals surface area contributed by atoms with Gasteiger partial charge in [-0.15, -0.1) is 0 Å². The van der Waals surface area contributed by atoms with Crippen LogP contribution in [0, 0.1) is 0 Å². The van der Waals surface area contributed by atoms with E-state index in [4.69, 9.17) is 4.74 Å². The minimum absolute atomic E-state index is 0.0965. The van der Waals surface area contributed by atoms with Crippen molar-refractivity contribution in [1.82, 2.24) is 4.90 Å². The predicted octanol–water partition coefficient (Wildman–Crippen LogP) is 0.660. The Hall–Kier alpha value is -1.52. The molecule has 0 spiro atoms. The van der Waals surface area contributed by atoms with Gasteiger partial charge < -0.3 is 14.4 Å². The molecule has 1 heterocycles. The van der Waals surface area contributed by atoms with E-state index >= 15 is 0 Å². The molecule has 0 radical (unpaired) electrons. The molecule has 1 fully saturated rings. The molecule has 1 saturated heterocycles. The van der Waals surface area contributed by atoms with E-state index in [1.807, 2.05) is 0 Å². The second-order valence-corrected chi connectivity index (χ2v) is 3.22. The number of methoxy groups -OCH3 is 1. The molecule has 5 heteroatoms. The maximum Gasteiger partial charge on any atom is 0.343 e. The van der Waals surface area contributed by atoms with Gasteiger partial charge in [-0.2, -0.15) is 0 Å². The van der Waals surface area contributed by atoms with E-state index in [1.54, 1.807) is 11.1 Å². The van der Waals surface area contributed by atoms with Crippen LogP contribution in [0.15, 0.2) is 12.5 Å². The highest BCUT2D eigenvalue weighted by Crippen LogP contribution is 2.10. The lowest BCUT2D eigenvalue weighted by Crippen LogP contribution is -2.30. The Morgan fingerprint density at radius 3 is 3.00 bits per heavy atom. The van der Waals surface area contributed by atoms with E-state index in [0.29, 0.717) is 6.42 Å². The summed E-state index contributed by atoms with van der Waals surface area (Å²) in [5.74, 6) is -0.344. The van der Waals surface area contributed by atoms with Crippen molar-refractivity contribution in [3.63, 3.8) is 0 Å². The van der Waals surface area contributed by atoms with Gasteiger partial charge in [-0.25, -0.2) is 4.79 Å². The second-order valence-electron chi connectivity index (χ2n) is 3.22. The number of rotatable bonds is 4. The van der Waals surface area contributed by atoms with Crippen molar-refractivity contribution >= 4 is 11.9 Å². The third kappa shape index (κ3) is 4.01. The Kier molecular flexibility index (Phi) is 4.66. The van der Waals surface area contributed by atoms with E-state index in [9.17, 15) is 9.59 Å². The zero-order valence-corrected chi connectivity index (χ0v) is 8.77. The normalized spacial score (nSPS) is 16.9. The molecule has 1 aliphatic heterocycles. The quantitative estimate of drug-likeness (QED) is 0.508. The largest absolute Gasteiger partial charge is 0.488 e. The van der Waals surface area contributed by atoms with Gasteiger partial charge in [0.05, 0.1) is 7.11 Å². The number of carbonyl (C=O) groups is 2. The van der Waals surface area contributed by atoms with Gasteiger partial charge in [0.2, 0.25) is 5.91 Å². The van der Waals surface area contributed by atoms with Gasteiger partial charge in [-0.05, 0) is 12.8 Å². The molecule has 0 atom stereocenters. The van der Waals surface area contributed by atoms with Crippen LogP contribution in [0.5, 0.6) is 0 Å². The van der Waals surface area contributed by atoms with Crippen molar-refractivity contribution in [3.8, 4) is 0 Å². The molecule has 0 bridgehead atoms. The summed E-state index contributed by atoms with van der Waals surface area (Å²) < 4.78 is 9.27. The Morgan fingerprint density at radius 1 is 1.53 bits per heavy atom. The van der Waals surface area contributed by atoms with Crippen LogP contribution in [0.2, 0.25) is 0 Å². The fourth-order valence-electron chi connectivity index (χ4n) is 1.28. The number of ether oxygens (including phenoxy) is 2. The highest BCUT2D eigenvalue weighted by atomic mass is 16.6. The van der Waals surface area contributed by atoms with Crippen molar-refractivity contribution in [1.29, 1.82) is 0 Å². The van der Waals surface area contributed by atoms with Crippen molar-refractivity contribution in [2.75, 3.05) is 20.3 Å². The molecule has 0 aliphatic carbocycles. The molecular formula is C10H15NO4. The van der Waals surface area contributed by atoms with Crippen LogP contribution in [0.3, 0.4) is 0 Å². The zero-order chi connectivity index (χ0) is 11.1. The molecule has 0 aromatic rings. The predicted molar refractivity (Wildman–Crippen MR) is 52.7 cm³/mol. The maximum atomic E-state index is 11.3. The molecule has 15 heavy (non-hydrogen) atoms. The van der Waals surface area contributed by atoms with Gasteiger partial charge in [0, 0.05) is 19.2 Å². The second kappa shape index (κ2) is 6.06. The van der Waals surface area contributed by atoms with Crippen LogP contribution in [0.1, 0.15) is 19.3 Å². The summed E-state index contributed by atoms with van der Waals surface area (Å²) in [6, 6.07) is 0. The average molecular weight is 213 g/mol. The molecule has 1 rings (SSSR count). The van der Waals surface area contributed by atoms with Crippen LogP contribution in [0.4, 0.5) is 0 Å². The van der Waals surface area contributed by atoms with Crippen LogP contribution < -0.4 is 0 Å². The van der Waals surface area contributed by atoms with E-state index < -0.39 is 5.97 Å². The smallest absolute Gasteiger partial charge is 0.343 e. The summed E-state index contributed by atoms with van der Waals surface area (Å²) in [7, 11) is 1.30. The molecule has 1 aliphatic rings. The molecule has 0 unspecified atom stereocenters. The fraction of sp³-hybridized carbons (Fsp3) is 0.600. The first-order valence-corrected chi connectivity index (χ1v) is 4.88. The Labute approximate surface area is 88.6 Å². The number of amides is 1. The van der Waals surface area contributed by atoms with Gasteiger partial charge in [0.1, 0.15) is 6.26 Å². The van der Waals surface area contributed by atoms with E-state index in [0.717, 1.165) is 19.4 Å². The van der Waals surface area contributed by atoms with Gasteiger partial charge in [0.25, 0.3) is 0 Å². The monoisotopic (exact) mass is 213 g/mol. The number of carbonyl (C=O) groups excluding carboxylic acids is 2. The number of hydrogen-bond donors (Lipinski definition) is 0. The van der Waals surface area contributed by atoms with E-state index in [-0.39, 0.29) is 12.5 Å². The Bertz CT molecular complexity index is 262. The standard InChI is InChI=1S/C10H15NO4/c1-14-10(13)8-15-7-6-11-5-3-2-4-9(11)12/h6-7H,2-5,8H2,1H3. The summed E-state index contributed by atoms with van der Waals surface area (Å²) in [4.78, 5) is 23.6. The molecule has 1 amide bonds. The van der Waals surface area contributed by atoms with Crippen molar-refractivity contribution < 1.29 is 19.1 Å². The maximum absolute atomic E-state index is 11.3. The van der Waals surface area contributed by atoms with Crippen LogP contribution in [-0.4, -0.2) is 37.0 Å². The number of likely N-dealkylation sites (tertiary alicyclic amines) is 1. The third-order valence-electron chi connectivity index (χ3n) is 2.13. The Morgan fingerprint density at radius 2 is 2.33 bits per heavy atom. The minimum Gasteiger partial charge on any atom is -0.488 e. The van der Waals surface area contributed by atoms with Gasteiger partial charge in [-0.1, -0.05) is 0 Å². The molecule has 0 saturated carbocycles. The lowest BCUT2D eigenvalue weighted by molar-refractivity contribution is -0.144. The summed E-state index contributed by atoms with van der Waals surface area (Å²) in [6.07, 6.45) is 5.45. The molecular weight excluding hydrogens is 198 g/mol. The summed E-state index contributed by atoms with van der Waals surface area (Å²) in [5.41, 5.74) is 0. The number of nitrogens with zero attached hydrogens (tertiary/aromatic N) is 1. The number of esters is 1. The zero-order valence-electron chi connectivity index (χ0n) is 8.77. The molecule has 5 nitrogen and oxygen atoms in total. The summed E-state index contributed by atoms with van der Waals surface area (Å²) in [5, 5.41) is 0. The first-order chi connectivity index (χ1) is 7.24. The fourth-order valence-corrected chi connectivity index (χ4v) is 1.28.